The molecule has 1 aliphatic heterocycles. The van der Waals surface area contributed by atoms with Crippen molar-refractivity contribution >= 4 is 17.5 Å². The minimum atomic E-state index is -0.124. The van der Waals surface area contributed by atoms with E-state index >= 15 is 0 Å². The highest BCUT2D eigenvalue weighted by Crippen LogP contribution is 2.28. The van der Waals surface area contributed by atoms with Crippen LogP contribution < -0.4 is 5.32 Å². The summed E-state index contributed by atoms with van der Waals surface area (Å²) in [5, 5.41) is 3.68. The number of carbonyl (C=O) groups is 1. The SMILES string of the molecule is CNCCC(=O)N1CCOC(c2ccccc2Cl)C1. The van der Waals surface area contributed by atoms with Gasteiger partial charge in [-0.25, -0.2) is 0 Å². The fourth-order valence-electron chi connectivity index (χ4n) is 2.19. The highest BCUT2D eigenvalue weighted by molar-refractivity contribution is 6.31. The largest absolute Gasteiger partial charge is 0.370 e. The predicted octanol–water partition coefficient (Wildman–Crippen LogP) is 1.85. The Balaban J connectivity index is 2.01. The van der Waals surface area contributed by atoms with Crippen molar-refractivity contribution in [2.24, 2.45) is 0 Å². The smallest absolute Gasteiger partial charge is 0.224 e. The summed E-state index contributed by atoms with van der Waals surface area (Å²) < 4.78 is 5.74. The molecule has 1 unspecified atom stereocenters. The quantitative estimate of drug-likeness (QED) is 0.916. The second-order valence-corrected chi connectivity index (χ2v) is 4.98. The number of rotatable bonds is 4. The number of nitrogens with one attached hydrogen (secondary N) is 1. The van der Waals surface area contributed by atoms with Crippen molar-refractivity contribution in [2.45, 2.75) is 12.5 Å². The van der Waals surface area contributed by atoms with E-state index in [0.29, 0.717) is 37.7 Å². The van der Waals surface area contributed by atoms with E-state index < -0.39 is 0 Å². The zero-order valence-electron chi connectivity index (χ0n) is 11.1. The molecule has 1 heterocycles. The van der Waals surface area contributed by atoms with Crippen LogP contribution in [0.1, 0.15) is 18.1 Å². The monoisotopic (exact) mass is 282 g/mol. The Hall–Kier alpha value is -1.10. The molecule has 4 nitrogen and oxygen atoms in total. The molecule has 0 aromatic heterocycles. The number of halogens is 1. The van der Waals surface area contributed by atoms with E-state index in [1.165, 1.54) is 0 Å². The van der Waals surface area contributed by atoms with Crippen LogP contribution in [0.25, 0.3) is 0 Å². The summed E-state index contributed by atoms with van der Waals surface area (Å²) in [6.45, 7) is 2.49. The molecule has 104 valence electrons. The Kier molecular flexibility index (Phi) is 5.19. The van der Waals surface area contributed by atoms with Gasteiger partial charge in [-0.05, 0) is 13.1 Å². The Morgan fingerprint density at radius 3 is 3.05 bits per heavy atom. The van der Waals surface area contributed by atoms with Gasteiger partial charge in [-0.1, -0.05) is 29.8 Å². The van der Waals surface area contributed by atoms with Crippen molar-refractivity contribution in [1.29, 1.82) is 0 Å². The maximum Gasteiger partial charge on any atom is 0.224 e. The number of morpholine rings is 1. The van der Waals surface area contributed by atoms with Gasteiger partial charge in [0.1, 0.15) is 6.10 Å². The molecule has 1 atom stereocenters. The summed E-state index contributed by atoms with van der Waals surface area (Å²) in [5.41, 5.74) is 0.954. The molecule has 1 aliphatic rings. The highest BCUT2D eigenvalue weighted by Gasteiger charge is 2.26. The topological polar surface area (TPSA) is 41.6 Å². The van der Waals surface area contributed by atoms with E-state index in [9.17, 15) is 4.79 Å². The van der Waals surface area contributed by atoms with Crippen LogP contribution in [0.4, 0.5) is 0 Å². The molecule has 19 heavy (non-hydrogen) atoms. The molecule has 1 aromatic rings. The molecule has 0 radical (unpaired) electrons. The lowest BCUT2D eigenvalue weighted by atomic mass is 10.1. The summed E-state index contributed by atoms with van der Waals surface area (Å²) in [7, 11) is 1.85. The minimum absolute atomic E-state index is 0.124. The van der Waals surface area contributed by atoms with Gasteiger partial charge in [-0.2, -0.15) is 0 Å². The van der Waals surface area contributed by atoms with Crippen LogP contribution in [-0.2, 0) is 9.53 Å². The first kappa shape index (κ1) is 14.3. The van der Waals surface area contributed by atoms with Crippen LogP contribution in [-0.4, -0.2) is 44.1 Å². The van der Waals surface area contributed by atoms with E-state index in [0.717, 1.165) is 5.56 Å². The van der Waals surface area contributed by atoms with Crippen molar-refractivity contribution in [2.75, 3.05) is 33.3 Å². The third kappa shape index (κ3) is 3.69. The van der Waals surface area contributed by atoms with Gasteiger partial charge in [0.05, 0.1) is 13.2 Å². The molecule has 0 saturated carbocycles. The average molecular weight is 283 g/mol. The molecule has 0 aliphatic carbocycles. The van der Waals surface area contributed by atoms with Gasteiger partial charge < -0.3 is 15.0 Å². The third-order valence-electron chi connectivity index (χ3n) is 3.26. The predicted molar refractivity (Wildman–Crippen MR) is 75.3 cm³/mol. The molecular formula is C14H19ClN2O2. The number of hydrogen-bond acceptors (Lipinski definition) is 3. The summed E-state index contributed by atoms with van der Waals surface area (Å²) in [4.78, 5) is 13.9. The van der Waals surface area contributed by atoms with Gasteiger partial charge >= 0.3 is 0 Å². The molecule has 1 aromatic carbocycles. The molecular weight excluding hydrogens is 264 g/mol. The maximum absolute atomic E-state index is 12.0. The molecule has 2 rings (SSSR count). The van der Waals surface area contributed by atoms with Crippen molar-refractivity contribution < 1.29 is 9.53 Å². The van der Waals surface area contributed by atoms with E-state index in [1.807, 2.05) is 36.2 Å². The molecule has 1 amide bonds. The number of ether oxygens (including phenoxy) is 1. The van der Waals surface area contributed by atoms with Gasteiger partial charge in [-0.15, -0.1) is 0 Å². The van der Waals surface area contributed by atoms with E-state index in [2.05, 4.69) is 5.32 Å². The van der Waals surface area contributed by atoms with Crippen molar-refractivity contribution in [3.8, 4) is 0 Å². The van der Waals surface area contributed by atoms with Gasteiger partial charge in [-0.3, -0.25) is 4.79 Å². The third-order valence-corrected chi connectivity index (χ3v) is 3.60. The Bertz CT molecular complexity index is 439. The van der Waals surface area contributed by atoms with Crippen molar-refractivity contribution in [3.05, 3.63) is 34.9 Å². The Morgan fingerprint density at radius 1 is 1.53 bits per heavy atom. The number of hydrogen-bond donors (Lipinski definition) is 1. The standard InChI is InChI=1S/C14H19ClN2O2/c1-16-7-6-14(18)17-8-9-19-13(10-17)11-4-2-3-5-12(11)15/h2-5,13,16H,6-10H2,1H3. The second kappa shape index (κ2) is 6.89. The Morgan fingerprint density at radius 2 is 2.32 bits per heavy atom. The van der Waals surface area contributed by atoms with Crippen molar-refractivity contribution in [3.63, 3.8) is 0 Å². The average Bonchev–Trinajstić information content (AvgIpc) is 2.45. The van der Waals surface area contributed by atoms with Crippen LogP contribution in [0, 0.1) is 0 Å². The number of amides is 1. The van der Waals surface area contributed by atoms with Crippen LogP contribution in [0.2, 0.25) is 5.02 Å². The lowest BCUT2D eigenvalue weighted by Gasteiger charge is -2.33. The van der Waals surface area contributed by atoms with Gasteiger partial charge in [0.15, 0.2) is 0 Å². The molecule has 1 saturated heterocycles. The molecule has 0 spiro atoms. The molecule has 1 N–H and O–H groups in total. The zero-order chi connectivity index (χ0) is 13.7. The van der Waals surface area contributed by atoms with Gasteiger partial charge in [0, 0.05) is 30.1 Å². The Labute approximate surface area is 118 Å². The first-order valence-corrected chi connectivity index (χ1v) is 6.88. The number of carbonyl (C=O) groups excluding carboxylic acids is 1. The first-order valence-electron chi connectivity index (χ1n) is 6.50. The second-order valence-electron chi connectivity index (χ2n) is 4.57. The fraction of sp³-hybridized carbons (Fsp3) is 0.500. The fourth-order valence-corrected chi connectivity index (χ4v) is 2.45. The van der Waals surface area contributed by atoms with Crippen molar-refractivity contribution in [1.82, 2.24) is 10.2 Å². The molecule has 5 heteroatoms. The van der Waals surface area contributed by atoms with E-state index in [4.69, 9.17) is 16.3 Å². The minimum Gasteiger partial charge on any atom is -0.370 e. The summed E-state index contributed by atoms with van der Waals surface area (Å²) in [5.74, 6) is 0.162. The normalized spacial score (nSPS) is 19.5. The van der Waals surface area contributed by atoms with Crippen LogP contribution >= 0.6 is 11.6 Å². The lowest BCUT2D eigenvalue weighted by molar-refractivity contribution is -0.138. The first-order chi connectivity index (χ1) is 9.22. The zero-order valence-corrected chi connectivity index (χ0v) is 11.8. The van der Waals surface area contributed by atoms with E-state index in [-0.39, 0.29) is 12.0 Å². The maximum atomic E-state index is 12.0. The highest BCUT2D eigenvalue weighted by atomic mass is 35.5. The summed E-state index contributed by atoms with van der Waals surface area (Å²) in [6.07, 6.45) is 0.395. The van der Waals surface area contributed by atoms with Gasteiger partial charge in [0.25, 0.3) is 0 Å². The van der Waals surface area contributed by atoms with Crippen LogP contribution in [0.15, 0.2) is 24.3 Å². The summed E-state index contributed by atoms with van der Waals surface area (Å²) in [6, 6.07) is 7.63. The summed E-state index contributed by atoms with van der Waals surface area (Å²) >= 11 is 6.18. The molecule has 1 fully saturated rings. The number of nitrogens with zero attached hydrogens (tertiary/aromatic N) is 1. The lowest BCUT2D eigenvalue weighted by Crippen LogP contribution is -2.43. The van der Waals surface area contributed by atoms with Crippen LogP contribution in [0.3, 0.4) is 0 Å². The number of benzene rings is 1. The van der Waals surface area contributed by atoms with Crippen LogP contribution in [0.5, 0.6) is 0 Å². The van der Waals surface area contributed by atoms with Gasteiger partial charge in [0.2, 0.25) is 5.91 Å². The van der Waals surface area contributed by atoms with E-state index in [1.54, 1.807) is 0 Å². The molecule has 0 bridgehead atoms.